The topological polar surface area (TPSA) is 83.1 Å². The molecule has 0 aliphatic carbocycles. The average Bonchev–Trinajstić information content (AvgIpc) is 2.49. The molecule has 1 aromatic heterocycles. The van der Waals surface area contributed by atoms with Gasteiger partial charge < -0.3 is 16.0 Å². The summed E-state index contributed by atoms with van der Waals surface area (Å²) >= 11 is 0. The van der Waals surface area contributed by atoms with Crippen LogP contribution in [-0.4, -0.2) is 16.8 Å². The molecule has 2 amide bonds. The van der Waals surface area contributed by atoms with Crippen LogP contribution in [0.4, 0.5) is 0 Å². The second-order valence-corrected chi connectivity index (χ2v) is 5.93. The molecular formula is C16H22N4O2. The standard InChI is InChI=1S/C16H22N4O2/c1-10(2)8-11(3)15(21)19-13-9-18-14(20-16(13)22)12-4-6-17-7-5-12/h4-7,9-11,14,18H,8H2,1-3H3,(H,19,21)(H,20,22)/t11-,14?/m0/s1. The molecule has 1 aromatic rings. The van der Waals surface area contributed by atoms with E-state index in [4.69, 9.17) is 0 Å². The quantitative estimate of drug-likeness (QED) is 0.768. The van der Waals surface area contributed by atoms with Gasteiger partial charge in [0.25, 0.3) is 5.91 Å². The number of rotatable bonds is 5. The molecule has 0 fully saturated rings. The molecule has 6 heteroatoms. The van der Waals surface area contributed by atoms with E-state index in [1.54, 1.807) is 18.6 Å². The highest BCUT2D eigenvalue weighted by Crippen LogP contribution is 2.14. The Labute approximate surface area is 130 Å². The maximum Gasteiger partial charge on any atom is 0.271 e. The number of hydrogen-bond donors (Lipinski definition) is 3. The minimum Gasteiger partial charge on any atom is -0.366 e. The lowest BCUT2D eigenvalue weighted by molar-refractivity contribution is -0.127. The van der Waals surface area contributed by atoms with E-state index in [2.05, 4.69) is 34.8 Å². The van der Waals surface area contributed by atoms with Crippen LogP contribution in [-0.2, 0) is 9.59 Å². The Hall–Kier alpha value is -2.37. The van der Waals surface area contributed by atoms with Gasteiger partial charge in [-0.1, -0.05) is 20.8 Å². The van der Waals surface area contributed by atoms with Crippen LogP contribution in [0.15, 0.2) is 36.4 Å². The van der Waals surface area contributed by atoms with Crippen molar-refractivity contribution in [3.63, 3.8) is 0 Å². The highest BCUT2D eigenvalue weighted by Gasteiger charge is 2.24. The fourth-order valence-electron chi connectivity index (χ4n) is 2.38. The molecule has 0 bridgehead atoms. The van der Waals surface area contributed by atoms with Gasteiger partial charge in [-0.3, -0.25) is 14.6 Å². The molecule has 2 rings (SSSR count). The Morgan fingerprint density at radius 1 is 1.32 bits per heavy atom. The van der Waals surface area contributed by atoms with Gasteiger partial charge in [-0.2, -0.15) is 0 Å². The molecule has 3 N–H and O–H groups in total. The van der Waals surface area contributed by atoms with Gasteiger partial charge in [0.15, 0.2) is 0 Å². The van der Waals surface area contributed by atoms with Crippen molar-refractivity contribution >= 4 is 11.8 Å². The van der Waals surface area contributed by atoms with Crippen molar-refractivity contribution in [1.29, 1.82) is 0 Å². The highest BCUT2D eigenvalue weighted by molar-refractivity contribution is 5.98. The van der Waals surface area contributed by atoms with E-state index in [-0.39, 0.29) is 29.6 Å². The summed E-state index contributed by atoms with van der Waals surface area (Å²) in [4.78, 5) is 28.1. The van der Waals surface area contributed by atoms with Crippen LogP contribution >= 0.6 is 0 Å². The SMILES string of the molecule is CC(C)C[C@H](C)C(=O)NC1=CNC(c2ccncc2)NC1=O. The fraction of sp³-hybridized carbons (Fsp3) is 0.438. The van der Waals surface area contributed by atoms with Gasteiger partial charge >= 0.3 is 0 Å². The number of hydrogen-bond acceptors (Lipinski definition) is 4. The molecule has 2 heterocycles. The molecule has 6 nitrogen and oxygen atoms in total. The molecule has 0 radical (unpaired) electrons. The van der Waals surface area contributed by atoms with Crippen molar-refractivity contribution in [2.45, 2.75) is 33.4 Å². The van der Waals surface area contributed by atoms with Crippen LogP contribution in [0, 0.1) is 11.8 Å². The lowest BCUT2D eigenvalue weighted by atomic mass is 9.98. The summed E-state index contributed by atoms with van der Waals surface area (Å²) in [5, 5.41) is 8.55. The smallest absolute Gasteiger partial charge is 0.271 e. The van der Waals surface area contributed by atoms with E-state index in [9.17, 15) is 9.59 Å². The molecule has 0 aromatic carbocycles. The summed E-state index contributed by atoms with van der Waals surface area (Å²) in [7, 11) is 0. The van der Waals surface area contributed by atoms with E-state index in [1.807, 2.05) is 19.1 Å². The summed E-state index contributed by atoms with van der Waals surface area (Å²) < 4.78 is 0. The Morgan fingerprint density at radius 3 is 2.59 bits per heavy atom. The van der Waals surface area contributed by atoms with Crippen molar-refractivity contribution in [1.82, 2.24) is 20.9 Å². The summed E-state index contributed by atoms with van der Waals surface area (Å²) in [6, 6.07) is 3.64. The number of carbonyl (C=O) groups excluding carboxylic acids is 2. The van der Waals surface area contributed by atoms with Gasteiger partial charge in [-0.05, 0) is 30.0 Å². The van der Waals surface area contributed by atoms with Crippen LogP contribution < -0.4 is 16.0 Å². The largest absolute Gasteiger partial charge is 0.366 e. The number of nitrogens with one attached hydrogen (secondary N) is 3. The average molecular weight is 302 g/mol. The third kappa shape index (κ3) is 4.07. The lowest BCUT2D eigenvalue weighted by Gasteiger charge is -2.26. The number of pyridine rings is 1. The molecule has 22 heavy (non-hydrogen) atoms. The van der Waals surface area contributed by atoms with E-state index in [1.165, 1.54) is 0 Å². The molecule has 0 spiro atoms. The van der Waals surface area contributed by atoms with Gasteiger partial charge in [-0.25, -0.2) is 0 Å². The highest BCUT2D eigenvalue weighted by atomic mass is 16.2. The first-order valence-corrected chi connectivity index (χ1v) is 7.45. The first-order chi connectivity index (χ1) is 10.5. The molecular weight excluding hydrogens is 280 g/mol. The monoisotopic (exact) mass is 302 g/mol. The van der Waals surface area contributed by atoms with E-state index in [0.717, 1.165) is 12.0 Å². The minimum absolute atomic E-state index is 0.133. The first-order valence-electron chi connectivity index (χ1n) is 7.45. The van der Waals surface area contributed by atoms with Gasteiger partial charge in [0.05, 0.1) is 0 Å². The fourth-order valence-corrected chi connectivity index (χ4v) is 2.38. The predicted molar refractivity (Wildman–Crippen MR) is 83.1 cm³/mol. The van der Waals surface area contributed by atoms with Crippen molar-refractivity contribution in [3.05, 3.63) is 42.0 Å². The van der Waals surface area contributed by atoms with Crippen LogP contribution in [0.1, 0.15) is 38.9 Å². The van der Waals surface area contributed by atoms with Gasteiger partial charge in [0.1, 0.15) is 11.9 Å². The molecule has 118 valence electrons. The third-order valence-electron chi connectivity index (χ3n) is 3.48. The number of nitrogens with zero attached hydrogens (tertiary/aromatic N) is 1. The predicted octanol–water partition coefficient (Wildman–Crippen LogP) is 1.44. The molecule has 2 atom stereocenters. The molecule has 0 saturated heterocycles. The van der Waals surface area contributed by atoms with Crippen molar-refractivity contribution in [3.8, 4) is 0 Å². The normalized spacial score (nSPS) is 19.0. The van der Waals surface area contributed by atoms with Gasteiger partial charge in [0.2, 0.25) is 5.91 Å². The molecule has 1 aliphatic heterocycles. The molecule has 1 unspecified atom stereocenters. The van der Waals surface area contributed by atoms with Crippen molar-refractivity contribution < 1.29 is 9.59 Å². The zero-order valence-electron chi connectivity index (χ0n) is 13.1. The summed E-state index contributed by atoms with van der Waals surface area (Å²) in [6.45, 7) is 6.00. The minimum atomic E-state index is -0.316. The van der Waals surface area contributed by atoms with Crippen molar-refractivity contribution in [2.75, 3.05) is 0 Å². The second-order valence-electron chi connectivity index (χ2n) is 5.93. The Morgan fingerprint density at radius 2 is 2.00 bits per heavy atom. The van der Waals surface area contributed by atoms with Crippen LogP contribution in [0.5, 0.6) is 0 Å². The van der Waals surface area contributed by atoms with Crippen LogP contribution in [0.25, 0.3) is 0 Å². The Kier molecular flexibility index (Phi) is 5.14. The Bertz CT molecular complexity index is 569. The Balaban J connectivity index is 1.98. The summed E-state index contributed by atoms with van der Waals surface area (Å²) in [6.07, 6.45) is 5.34. The maximum absolute atomic E-state index is 12.1. The zero-order chi connectivity index (χ0) is 16.1. The number of carbonyl (C=O) groups is 2. The summed E-state index contributed by atoms with van der Waals surface area (Å²) in [5.74, 6) is -0.138. The number of aromatic nitrogens is 1. The van der Waals surface area contributed by atoms with Gasteiger partial charge in [-0.15, -0.1) is 0 Å². The van der Waals surface area contributed by atoms with E-state index in [0.29, 0.717) is 5.92 Å². The van der Waals surface area contributed by atoms with Crippen LogP contribution in [0.3, 0.4) is 0 Å². The molecule has 0 saturated carbocycles. The zero-order valence-corrected chi connectivity index (χ0v) is 13.1. The molecule has 1 aliphatic rings. The summed E-state index contributed by atoms with van der Waals surface area (Å²) in [5.41, 5.74) is 1.14. The third-order valence-corrected chi connectivity index (χ3v) is 3.48. The van der Waals surface area contributed by atoms with E-state index < -0.39 is 0 Å². The van der Waals surface area contributed by atoms with Crippen LogP contribution in [0.2, 0.25) is 0 Å². The number of amides is 2. The lowest BCUT2D eigenvalue weighted by Crippen LogP contribution is -2.46. The van der Waals surface area contributed by atoms with E-state index >= 15 is 0 Å². The van der Waals surface area contributed by atoms with Gasteiger partial charge in [0, 0.05) is 24.5 Å². The first kappa shape index (κ1) is 16.0. The van der Waals surface area contributed by atoms with Crippen molar-refractivity contribution in [2.24, 2.45) is 11.8 Å². The second kappa shape index (κ2) is 7.06. The maximum atomic E-state index is 12.1.